The number of piperazine rings is 1. The lowest BCUT2D eigenvalue weighted by atomic mass is 9.96. The number of benzene rings is 1. The molecule has 1 aromatic heterocycles. The monoisotopic (exact) mass is 361 g/mol. The zero-order valence-corrected chi connectivity index (χ0v) is 15.3. The molecule has 0 bridgehead atoms. The number of aromatic nitrogens is 1. The van der Waals surface area contributed by atoms with Crippen molar-refractivity contribution in [3.63, 3.8) is 0 Å². The molecule has 6 nitrogen and oxygen atoms in total. The molecule has 7 heteroatoms. The summed E-state index contributed by atoms with van der Waals surface area (Å²) < 4.78 is 25.9. The summed E-state index contributed by atoms with van der Waals surface area (Å²) >= 11 is 0. The van der Waals surface area contributed by atoms with Crippen LogP contribution in [-0.2, 0) is 16.5 Å². The van der Waals surface area contributed by atoms with E-state index in [2.05, 4.69) is 58.2 Å². The number of hydrogen-bond acceptors (Lipinski definition) is 5. The average molecular weight is 361 g/mol. The molecule has 0 saturated carbocycles. The molecule has 1 atom stereocenters. The first-order valence-corrected chi connectivity index (χ1v) is 10.1. The number of anilines is 1. The van der Waals surface area contributed by atoms with E-state index in [0.717, 1.165) is 26.1 Å². The summed E-state index contributed by atoms with van der Waals surface area (Å²) in [6.07, 6.45) is 3.63. The van der Waals surface area contributed by atoms with E-state index in [0.29, 0.717) is 12.3 Å². The Hall–Kier alpha value is -1.96. The van der Waals surface area contributed by atoms with Gasteiger partial charge in [0.05, 0.1) is 12.3 Å². The van der Waals surface area contributed by atoms with Crippen molar-refractivity contribution in [2.75, 3.05) is 37.8 Å². The minimum Gasteiger partial charge on any atom is -0.347 e. The highest BCUT2D eigenvalue weighted by Gasteiger charge is 2.32. The molecule has 2 aliphatic heterocycles. The van der Waals surface area contributed by atoms with Crippen molar-refractivity contribution in [2.24, 2.45) is 0 Å². The van der Waals surface area contributed by atoms with E-state index in [4.69, 9.17) is 4.55 Å². The van der Waals surface area contributed by atoms with Crippen molar-refractivity contribution in [2.45, 2.75) is 12.5 Å². The van der Waals surface area contributed by atoms with Gasteiger partial charge in [-0.25, -0.2) is 4.98 Å². The molecule has 2 aromatic rings. The van der Waals surface area contributed by atoms with E-state index in [9.17, 15) is 8.42 Å². The Bertz CT molecular complexity index is 846. The van der Waals surface area contributed by atoms with Gasteiger partial charge in [-0.15, -0.1) is 0 Å². The third-order valence-corrected chi connectivity index (χ3v) is 4.52. The van der Waals surface area contributed by atoms with Crippen LogP contribution < -0.4 is 4.90 Å². The Morgan fingerprint density at radius 1 is 1.12 bits per heavy atom. The molecule has 0 aliphatic carbocycles. The van der Waals surface area contributed by atoms with Crippen molar-refractivity contribution < 1.29 is 13.0 Å². The molecule has 3 heterocycles. The SMILES string of the molecule is CN1CCN2c3ncccc3Cc3ccccc3C2C1.CS(=O)(=O)O. The zero-order valence-electron chi connectivity index (χ0n) is 14.5. The van der Waals surface area contributed by atoms with Gasteiger partial charge in [0.1, 0.15) is 5.82 Å². The molecule has 0 amide bonds. The van der Waals surface area contributed by atoms with Gasteiger partial charge in [0.15, 0.2) is 0 Å². The summed E-state index contributed by atoms with van der Waals surface area (Å²) in [7, 11) is -1.45. The summed E-state index contributed by atoms with van der Waals surface area (Å²) in [6, 6.07) is 13.6. The van der Waals surface area contributed by atoms with Crippen LogP contribution in [-0.4, -0.2) is 55.8 Å². The molecular weight excluding hydrogens is 338 g/mol. The van der Waals surface area contributed by atoms with E-state index in [1.807, 2.05) is 6.20 Å². The Labute approximate surface area is 148 Å². The lowest BCUT2D eigenvalue weighted by Gasteiger charge is -2.41. The highest BCUT2D eigenvalue weighted by Crippen LogP contribution is 2.37. The van der Waals surface area contributed by atoms with Crippen LogP contribution >= 0.6 is 0 Å². The van der Waals surface area contributed by atoms with E-state index in [1.54, 1.807) is 0 Å². The molecule has 25 heavy (non-hydrogen) atoms. The number of likely N-dealkylation sites (N-methyl/N-ethyl adjacent to an activating group) is 1. The fourth-order valence-corrected chi connectivity index (χ4v) is 3.49. The molecule has 1 aromatic carbocycles. The maximum absolute atomic E-state index is 9.19. The summed E-state index contributed by atoms with van der Waals surface area (Å²) in [5.74, 6) is 1.18. The van der Waals surface area contributed by atoms with Crippen LogP contribution in [0.5, 0.6) is 0 Å². The van der Waals surface area contributed by atoms with Crippen LogP contribution in [0.2, 0.25) is 0 Å². The van der Waals surface area contributed by atoms with Crippen LogP contribution in [0.15, 0.2) is 42.6 Å². The van der Waals surface area contributed by atoms with Crippen molar-refractivity contribution in [3.05, 3.63) is 59.3 Å². The van der Waals surface area contributed by atoms with Gasteiger partial charge in [-0.05, 0) is 29.8 Å². The van der Waals surface area contributed by atoms with Gasteiger partial charge >= 0.3 is 0 Å². The van der Waals surface area contributed by atoms with Crippen molar-refractivity contribution in [1.29, 1.82) is 0 Å². The molecule has 1 N–H and O–H groups in total. The molecule has 2 aliphatic rings. The van der Waals surface area contributed by atoms with Crippen LogP contribution in [0.4, 0.5) is 5.82 Å². The minimum atomic E-state index is -3.67. The second kappa shape index (κ2) is 7.11. The third kappa shape index (κ3) is 4.36. The van der Waals surface area contributed by atoms with Gasteiger partial charge in [-0.3, -0.25) is 4.55 Å². The van der Waals surface area contributed by atoms with E-state index in [-0.39, 0.29) is 0 Å². The molecule has 1 saturated heterocycles. The number of pyridine rings is 1. The molecule has 134 valence electrons. The lowest BCUT2D eigenvalue weighted by Crippen LogP contribution is -2.47. The number of rotatable bonds is 0. The minimum absolute atomic E-state index is 0.432. The van der Waals surface area contributed by atoms with Gasteiger partial charge in [0.25, 0.3) is 10.1 Å². The molecule has 0 spiro atoms. The smallest absolute Gasteiger partial charge is 0.261 e. The van der Waals surface area contributed by atoms with E-state index >= 15 is 0 Å². The first-order chi connectivity index (χ1) is 11.8. The quantitative estimate of drug-likeness (QED) is 0.724. The average Bonchev–Trinajstić information content (AvgIpc) is 2.67. The van der Waals surface area contributed by atoms with Crippen LogP contribution in [0.3, 0.4) is 0 Å². The van der Waals surface area contributed by atoms with Gasteiger partial charge in [0.2, 0.25) is 0 Å². The van der Waals surface area contributed by atoms with E-state index in [1.165, 1.54) is 22.5 Å². The van der Waals surface area contributed by atoms with Gasteiger partial charge < -0.3 is 9.80 Å². The molecule has 1 unspecified atom stereocenters. The van der Waals surface area contributed by atoms with Crippen LogP contribution in [0.25, 0.3) is 0 Å². The first kappa shape index (κ1) is 17.8. The van der Waals surface area contributed by atoms with Gasteiger partial charge in [0, 0.05) is 32.3 Å². The van der Waals surface area contributed by atoms with Crippen LogP contribution in [0.1, 0.15) is 22.7 Å². The normalized spacial score (nSPS) is 19.6. The standard InChI is InChI=1S/C17H19N3.CH4O3S/c1-19-9-10-20-16(12-19)15-7-3-2-5-13(15)11-14-6-4-8-18-17(14)20;1-5(2,3)4/h2-8,16H,9-12H2,1H3;1H3,(H,2,3,4). The summed E-state index contributed by atoms with van der Waals surface area (Å²) in [5.41, 5.74) is 4.27. The summed E-state index contributed by atoms with van der Waals surface area (Å²) in [6.45, 7) is 3.24. The summed E-state index contributed by atoms with van der Waals surface area (Å²) in [5, 5.41) is 0. The number of fused-ring (bicyclic) bond motifs is 5. The number of nitrogens with zero attached hydrogens (tertiary/aromatic N) is 3. The predicted molar refractivity (Wildman–Crippen MR) is 98.5 cm³/mol. The predicted octanol–water partition coefficient (Wildman–Crippen LogP) is 1.98. The molecule has 1 fully saturated rings. The first-order valence-electron chi connectivity index (χ1n) is 8.22. The van der Waals surface area contributed by atoms with Crippen LogP contribution in [0, 0.1) is 0 Å². The second-order valence-corrected chi connectivity index (χ2v) is 8.03. The van der Waals surface area contributed by atoms with Gasteiger partial charge in [-0.1, -0.05) is 30.3 Å². The Morgan fingerprint density at radius 2 is 1.80 bits per heavy atom. The molecule has 4 rings (SSSR count). The maximum Gasteiger partial charge on any atom is 0.261 e. The third-order valence-electron chi connectivity index (χ3n) is 4.52. The highest BCUT2D eigenvalue weighted by atomic mass is 32.2. The lowest BCUT2D eigenvalue weighted by molar-refractivity contribution is 0.268. The topological polar surface area (TPSA) is 73.7 Å². The zero-order chi connectivity index (χ0) is 18.0. The van der Waals surface area contributed by atoms with Gasteiger partial charge in [-0.2, -0.15) is 8.42 Å². The fourth-order valence-electron chi connectivity index (χ4n) is 3.49. The van der Waals surface area contributed by atoms with E-state index < -0.39 is 10.1 Å². The largest absolute Gasteiger partial charge is 0.347 e. The Kier molecular flexibility index (Phi) is 5.08. The van der Waals surface area contributed by atoms with Crippen molar-refractivity contribution >= 4 is 15.9 Å². The fraction of sp³-hybridized carbons (Fsp3) is 0.389. The highest BCUT2D eigenvalue weighted by molar-refractivity contribution is 7.85. The maximum atomic E-state index is 9.19. The molecule has 0 radical (unpaired) electrons. The summed E-state index contributed by atoms with van der Waals surface area (Å²) in [4.78, 5) is 9.60. The van der Waals surface area contributed by atoms with Crippen molar-refractivity contribution in [3.8, 4) is 0 Å². The molecular formula is C18H23N3O3S. The van der Waals surface area contributed by atoms with Crippen molar-refractivity contribution in [1.82, 2.24) is 9.88 Å². The number of hydrogen-bond donors (Lipinski definition) is 1. The second-order valence-electron chi connectivity index (χ2n) is 6.57. The Morgan fingerprint density at radius 3 is 2.56 bits per heavy atom. The Balaban J connectivity index is 0.000000324.